The van der Waals surface area contributed by atoms with Gasteiger partial charge in [-0.05, 0) is 90.4 Å². The number of benzene rings is 1. The van der Waals surface area contributed by atoms with Gasteiger partial charge in [-0.2, -0.15) is 0 Å². The molecule has 0 amide bonds. The van der Waals surface area contributed by atoms with Crippen LogP contribution in [0.25, 0.3) is 0 Å². The maximum absolute atomic E-state index is 11.0. The van der Waals surface area contributed by atoms with Gasteiger partial charge in [0.05, 0.1) is 18.4 Å². The van der Waals surface area contributed by atoms with E-state index >= 15 is 0 Å². The molecule has 0 aliphatic carbocycles. The molecule has 0 heterocycles. The molecule has 0 atom stereocenters. The lowest BCUT2D eigenvalue weighted by Gasteiger charge is -2.10. The van der Waals surface area contributed by atoms with Gasteiger partial charge in [0.1, 0.15) is 0 Å². The average Bonchev–Trinajstić information content (AvgIpc) is 2.11. The first-order valence-corrected chi connectivity index (χ1v) is 7.54. The molecule has 0 aromatic heterocycles. The van der Waals surface area contributed by atoms with Crippen molar-refractivity contribution >= 4 is 102 Å². The molecular formula is C7H3I4NO2. The van der Waals surface area contributed by atoms with Gasteiger partial charge in [0.15, 0.2) is 0 Å². The van der Waals surface area contributed by atoms with Crippen LogP contribution in [0.1, 0.15) is 10.4 Å². The summed E-state index contributed by atoms with van der Waals surface area (Å²) in [6, 6.07) is 0. The van der Waals surface area contributed by atoms with Crippen LogP contribution in [0.15, 0.2) is 0 Å². The molecule has 7 heteroatoms. The molecule has 0 aliphatic heterocycles. The Morgan fingerprint density at radius 2 is 1.50 bits per heavy atom. The van der Waals surface area contributed by atoms with Crippen LogP contribution in [-0.2, 0) is 0 Å². The average molecular weight is 641 g/mol. The van der Waals surface area contributed by atoms with E-state index in [-0.39, 0.29) is 0 Å². The Bertz CT molecular complexity index is 390. The molecule has 0 unspecified atom stereocenters. The van der Waals surface area contributed by atoms with Crippen LogP contribution in [-0.4, -0.2) is 11.1 Å². The molecule has 0 radical (unpaired) electrons. The second-order valence-corrected chi connectivity index (χ2v) is 6.66. The third kappa shape index (κ3) is 2.39. The number of halogens is 4. The molecule has 76 valence electrons. The molecule has 1 aromatic carbocycles. The Kier molecular flexibility index (Phi) is 4.97. The van der Waals surface area contributed by atoms with E-state index in [9.17, 15) is 4.79 Å². The van der Waals surface area contributed by atoms with Gasteiger partial charge < -0.3 is 10.8 Å². The summed E-state index contributed by atoms with van der Waals surface area (Å²) in [6.07, 6.45) is 0. The first-order chi connectivity index (χ1) is 6.37. The van der Waals surface area contributed by atoms with Crippen molar-refractivity contribution in [3.05, 3.63) is 19.8 Å². The van der Waals surface area contributed by atoms with Crippen molar-refractivity contribution in [2.24, 2.45) is 0 Å². The molecule has 0 bridgehead atoms. The van der Waals surface area contributed by atoms with Gasteiger partial charge in [-0.1, -0.05) is 0 Å². The molecule has 3 nitrogen and oxygen atoms in total. The minimum atomic E-state index is -0.931. The van der Waals surface area contributed by atoms with Crippen LogP contribution in [0.5, 0.6) is 0 Å². The fourth-order valence-electron chi connectivity index (χ4n) is 0.839. The zero-order chi connectivity index (χ0) is 11.0. The van der Waals surface area contributed by atoms with E-state index < -0.39 is 5.97 Å². The minimum Gasteiger partial charge on any atom is -0.478 e. The molecule has 0 spiro atoms. The maximum atomic E-state index is 11.0. The summed E-state index contributed by atoms with van der Waals surface area (Å²) in [7, 11) is 0. The van der Waals surface area contributed by atoms with E-state index in [1.807, 2.05) is 45.2 Å². The first kappa shape index (κ1) is 13.5. The summed E-state index contributed by atoms with van der Waals surface area (Å²) in [6.45, 7) is 0. The number of carbonyl (C=O) groups is 1. The standard InChI is InChI=1S/C7H3I4NO2/c8-2-1(7(13)14)3(9)6(12)5(11)4(2)10/h12H2,(H,13,14). The normalized spacial score (nSPS) is 10.3. The molecule has 3 N–H and O–H groups in total. The number of carboxylic acid groups (broad SMARTS) is 1. The highest BCUT2D eigenvalue weighted by Gasteiger charge is 2.21. The molecular weight excluding hydrogens is 638 g/mol. The van der Waals surface area contributed by atoms with E-state index in [0.717, 1.165) is 10.7 Å². The highest BCUT2D eigenvalue weighted by molar-refractivity contribution is 14.1. The van der Waals surface area contributed by atoms with Crippen molar-refractivity contribution in [2.45, 2.75) is 0 Å². The number of hydrogen-bond acceptors (Lipinski definition) is 2. The van der Waals surface area contributed by atoms with Crippen molar-refractivity contribution in [1.82, 2.24) is 0 Å². The van der Waals surface area contributed by atoms with Crippen LogP contribution >= 0.6 is 90.4 Å². The van der Waals surface area contributed by atoms with Crippen molar-refractivity contribution in [3.8, 4) is 0 Å². The van der Waals surface area contributed by atoms with Crippen LogP contribution < -0.4 is 5.73 Å². The van der Waals surface area contributed by atoms with E-state index in [0.29, 0.717) is 14.8 Å². The fraction of sp³-hybridized carbons (Fsp3) is 0. The van der Waals surface area contributed by atoms with E-state index in [1.54, 1.807) is 0 Å². The Morgan fingerprint density at radius 3 is 1.93 bits per heavy atom. The van der Waals surface area contributed by atoms with Crippen molar-refractivity contribution in [2.75, 3.05) is 5.73 Å². The van der Waals surface area contributed by atoms with Gasteiger partial charge >= 0.3 is 5.97 Å². The number of aromatic carboxylic acids is 1. The summed E-state index contributed by atoms with van der Waals surface area (Å²) < 4.78 is 3.18. The lowest BCUT2D eigenvalue weighted by Crippen LogP contribution is -2.10. The summed E-state index contributed by atoms with van der Waals surface area (Å²) in [5.41, 5.74) is 6.65. The molecule has 1 rings (SSSR count). The molecule has 0 saturated heterocycles. The van der Waals surface area contributed by atoms with Crippen LogP contribution in [0.3, 0.4) is 0 Å². The zero-order valence-corrected chi connectivity index (χ0v) is 15.1. The van der Waals surface area contributed by atoms with Crippen LogP contribution in [0, 0.1) is 14.3 Å². The maximum Gasteiger partial charge on any atom is 0.337 e. The Labute approximate surface area is 135 Å². The molecule has 0 aliphatic rings. The Morgan fingerprint density at radius 1 is 1.00 bits per heavy atom. The quantitative estimate of drug-likeness (QED) is 0.214. The number of carboxylic acids is 1. The topological polar surface area (TPSA) is 63.3 Å². The van der Waals surface area contributed by atoms with Crippen molar-refractivity contribution in [1.29, 1.82) is 0 Å². The SMILES string of the molecule is Nc1c(I)c(I)c(I)c(C(=O)O)c1I. The van der Waals surface area contributed by atoms with Crippen molar-refractivity contribution in [3.63, 3.8) is 0 Å². The summed E-state index contributed by atoms with van der Waals surface area (Å²) in [5, 5.41) is 9.02. The highest BCUT2D eigenvalue weighted by Crippen LogP contribution is 2.34. The summed E-state index contributed by atoms with van der Waals surface area (Å²) >= 11 is 8.24. The highest BCUT2D eigenvalue weighted by atomic mass is 127. The number of anilines is 1. The number of hydrogen-bond donors (Lipinski definition) is 2. The molecule has 1 aromatic rings. The van der Waals surface area contributed by atoms with E-state index in [1.165, 1.54) is 0 Å². The first-order valence-electron chi connectivity index (χ1n) is 3.22. The predicted molar refractivity (Wildman–Crippen MR) is 88.7 cm³/mol. The number of rotatable bonds is 1. The third-order valence-corrected chi connectivity index (χ3v) is 7.97. The largest absolute Gasteiger partial charge is 0.478 e. The van der Waals surface area contributed by atoms with Gasteiger partial charge in [0.2, 0.25) is 0 Å². The lowest BCUT2D eigenvalue weighted by molar-refractivity contribution is 0.0694. The fourth-order valence-corrected chi connectivity index (χ4v) is 5.03. The van der Waals surface area contributed by atoms with Crippen LogP contribution in [0.2, 0.25) is 0 Å². The second kappa shape index (κ2) is 5.16. The zero-order valence-electron chi connectivity index (χ0n) is 6.44. The molecule has 0 fully saturated rings. The van der Waals surface area contributed by atoms with Gasteiger partial charge in [-0.25, -0.2) is 4.79 Å². The molecule has 14 heavy (non-hydrogen) atoms. The van der Waals surface area contributed by atoms with Gasteiger partial charge in [-0.3, -0.25) is 0 Å². The van der Waals surface area contributed by atoms with Gasteiger partial charge in [-0.15, -0.1) is 0 Å². The second-order valence-electron chi connectivity index (χ2n) is 2.35. The lowest BCUT2D eigenvalue weighted by atomic mass is 10.2. The Hall–Kier alpha value is 1.41. The monoisotopic (exact) mass is 641 g/mol. The predicted octanol–water partition coefficient (Wildman–Crippen LogP) is 3.39. The number of nitrogens with two attached hydrogens (primary N) is 1. The van der Waals surface area contributed by atoms with E-state index in [4.69, 9.17) is 10.8 Å². The smallest absolute Gasteiger partial charge is 0.337 e. The minimum absolute atomic E-state index is 0.300. The van der Waals surface area contributed by atoms with Crippen molar-refractivity contribution < 1.29 is 9.90 Å². The third-order valence-electron chi connectivity index (χ3n) is 1.51. The molecule has 0 saturated carbocycles. The summed E-state index contributed by atoms with van der Waals surface area (Å²) in [4.78, 5) is 11.0. The summed E-state index contributed by atoms with van der Waals surface area (Å²) in [5.74, 6) is -0.931. The number of nitrogen functional groups attached to an aromatic ring is 1. The van der Waals surface area contributed by atoms with Crippen LogP contribution in [0.4, 0.5) is 5.69 Å². The Balaban J connectivity index is 3.68. The van der Waals surface area contributed by atoms with Gasteiger partial charge in [0.25, 0.3) is 0 Å². The van der Waals surface area contributed by atoms with Gasteiger partial charge in [0, 0.05) is 7.14 Å². The van der Waals surface area contributed by atoms with E-state index in [2.05, 4.69) is 45.2 Å².